The number of methoxy groups -OCH3 is 1. The van der Waals surface area contributed by atoms with Crippen molar-refractivity contribution < 1.29 is 42.9 Å². The first kappa shape index (κ1) is 22.8. The zero-order chi connectivity index (χ0) is 22.6. The molecule has 0 radical (unpaired) electrons. The standard InChI is InChI=1S/C17H20N2O11/c1-7(20)27-11-12(28-8(2)21)14(16(24)26-4)30-15(13(11)29-9(3)22)19-6-5-10(23)18-17(19)25/h5-6,11-15H,1-4H3,(H,18,23,25)/t11-,12-,13+,14+,15-/m0/s1. The average Bonchev–Trinajstić information content (AvgIpc) is 2.63. The van der Waals surface area contributed by atoms with Gasteiger partial charge < -0.3 is 23.7 Å². The van der Waals surface area contributed by atoms with Gasteiger partial charge in [0.2, 0.25) is 0 Å². The molecule has 0 unspecified atom stereocenters. The molecule has 0 bridgehead atoms. The second kappa shape index (κ2) is 9.35. The third-order valence-electron chi connectivity index (χ3n) is 3.98. The SMILES string of the molecule is COC(=O)[C@@H]1O[C@H](n2ccc(=O)[nH]c2=O)[C@H](OC(C)=O)[C@@H](OC(C)=O)[C@@H]1OC(C)=O. The van der Waals surface area contributed by atoms with Crippen LogP contribution in [-0.4, -0.2) is 65.0 Å². The van der Waals surface area contributed by atoms with Crippen LogP contribution in [-0.2, 0) is 42.9 Å². The topological polar surface area (TPSA) is 169 Å². The number of hydrogen-bond donors (Lipinski definition) is 1. The van der Waals surface area contributed by atoms with Gasteiger partial charge in [0, 0.05) is 33.0 Å². The molecule has 0 spiro atoms. The van der Waals surface area contributed by atoms with Crippen LogP contribution in [0.5, 0.6) is 0 Å². The Balaban J connectivity index is 2.66. The Bertz CT molecular complexity index is 950. The van der Waals surface area contributed by atoms with E-state index in [1.807, 2.05) is 4.98 Å². The molecular formula is C17H20N2O11. The maximum Gasteiger partial charge on any atom is 0.339 e. The van der Waals surface area contributed by atoms with E-state index in [4.69, 9.17) is 18.9 Å². The van der Waals surface area contributed by atoms with E-state index in [-0.39, 0.29) is 0 Å². The predicted octanol–water partition coefficient (Wildman–Crippen LogP) is -1.60. The summed E-state index contributed by atoms with van der Waals surface area (Å²) in [6, 6.07) is 0.988. The lowest BCUT2D eigenvalue weighted by atomic mass is 9.96. The number of nitrogens with zero attached hydrogens (tertiary/aromatic N) is 1. The Morgan fingerprint density at radius 1 is 0.933 bits per heavy atom. The van der Waals surface area contributed by atoms with Gasteiger partial charge in [-0.3, -0.25) is 28.7 Å². The van der Waals surface area contributed by atoms with Crippen molar-refractivity contribution in [3.05, 3.63) is 33.1 Å². The molecule has 5 atom stereocenters. The van der Waals surface area contributed by atoms with E-state index in [2.05, 4.69) is 4.74 Å². The number of carbonyl (C=O) groups is 4. The van der Waals surface area contributed by atoms with E-state index < -0.39 is 65.8 Å². The molecule has 2 rings (SSSR count). The van der Waals surface area contributed by atoms with Crippen molar-refractivity contribution in [1.29, 1.82) is 0 Å². The van der Waals surface area contributed by atoms with E-state index in [0.29, 0.717) is 0 Å². The molecule has 0 amide bonds. The second-order valence-electron chi connectivity index (χ2n) is 6.21. The molecule has 0 aliphatic carbocycles. The zero-order valence-electron chi connectivity index (χ0n) is 16.5. The lowest BCUT2D eigenvalue weighted by Gasteiger charge is -2.43. The average molecular weight is 428 g/mol. The highest BCUT2D eigenvalue weighted by atomic mass is 16.7. The number of rotatable bonds is 5. The molecule has 0 saturated carbocycles. The molecule has 0 aromatic carbocycles. The van der Waals surface area contributed by atoms with Crippen LogP contribution < -0.4 is 11.2 Å². The van der Waals surface area contributed by atoms with Gasteiger partial charge in [0.05, 0.1) is 7.11 Å². The number of aromatic amines is 1. The number of carbonyl (C=O) groups excluding carboxylic acids is 4. The van der Waals surface area contributed by atoms with Crippen LogP contribution in [0.3, 0.4) is 0 Å². The van der Waals surface area contributed by atoms with E-state index in [0.717, 1.165) is 44.7 Å². The maximum absolute atomic E-state index is 12.3. The van der Waals surface area contributed by atoms with Crippen molar-refractivity contribution in [2.45, 2.75) is 51.4 Å². The molecule has 164 valence electrons. The lowest BCUT2D eigenvalue weighted by molar-refractivity contribution is -0.263. The Morgan fingerprint density at radius 3 is 1.97 bits per heavy atom. The van der Waals surface area contributed by atoms with Gasteiger partial charge in [0.15, 0.2) is 30.6 Å². The van der Waals surface area contributed by atoms with Crippen LogP contribution >= 0.6 is 0 Å². The largest absolute Gasteiger partial charge is 0.467 e. The molecule has 1 N–H and O–H groups in total. The minimum Gasteiger partial charge on any atom is -0.467 e. The zero-order valence-corrected chi connectivity index (χ0v) is 16.5. The van der Waals surface area contributed by atoms with Crippen molar-refractivity contribution in [3.63, 3.8) is 0 Å². The first-order valence-corrected chi connectivity index (χ1v) is 8.61. The fourth-order valence-electron chi connectivity index (χ4n) is 2.95. The Labute approximate surface area is 168 Å². The molecule has 13 nitrogen and oxygen atoms in total. The lowest BCUT2D eigenvalue weighted by Crippen LogP contribution is -2.62. The number of H-pyrrole nitrogens is 1. The first-order chi connectivity index (χ1) is 14.0. The Kier molecular flexibility index (Phi) is 7.10. The van der Waals surface area contributed by atoms with Gasteiger partial charge in [-0.2, -0.15) is 0 Å². The van der Waals surface area contributed by atoms with Crippen molar-refractivity contribution in [3.8, 4) is 0 Å². The van der Waals surface area contributed by atoms with Crippen LogP contribution in [0.4, 0.5) is 0 Å². The molecule has 1 fully saturated rings. The molecule has 13 heteroatoms. The Hall–Kier alpha value is -3.48. The molecule has 1 aromatic heterocycles. The fraction of sp³-hybridized carbons (Fsp3) is 0.529. The third kappa shape index (κ3) is 5.11. The summed E-state index contributed by atoms with van der Waals surface area (Å²) < 4.78 is 26.6. The van der Waals surface area contributed by atoms with E-state index in [1.165, 1.54) is 0 Å². The highest BCUT2D eigenvalue weighted by Crippen LogP contribution is 2.34. The summed E-state index contributed by atoms with van der Waals surface area (Å²) >= 11 is 0. The highest BCUT2D eigenvalue weighted by Gasteiger charge is 2.55. The van der Waals surface area contributed by atoms with E-state index >= 15 is 0 Å². The molecule has 1 aliphatic heterocycles. The number of nitrogens with one attached hydrogen (secondary N) is 1. The van der Waals surface area contributed by atoms with Crippen LogP contribution in [0.25, 0.3) is 0 Å². The summed E-state index contributed by atoms with van der Waals surface area (Å²) in [5, 5.41) is 0. The number of hydrogen-bond acceptors (Lipinski definition) is 11. The highest BCUT2D eigenvalue weighted by molar-refractivity contribution is 5.77. The van der Waals surface area contributed by atoms with Gasteiger partial charge in [-0.25, -0.2) is 9.59 Å². The third-order valence-corrected chi connectivity index (χ3v) is 3.98. The van der Waals surface area contributed by atoms with Crippen LogP contribution in [0.2, 0.25) is 0 Å². The molecule has 1 aromatic rings. The van der Waals surface area contributed by atoms with Crippen LogP contribution in [0.15, 0.2) is 21.9 Å². The van der Waals surface area contributed by atoms with Crippen LogP contribution in [0.1, 0.15) is 27.0 Å². The summed E-state index contributed by atoms with van der Waals surface area (Å²) in [5.74, 6) is -3.56. The fourth-order valence-corrected chi connectivity index (χ4v) is 2.95. The van der Waals surface area contributed by atoms with Crippen molar-refractivity contribution in [2.75, 3.05) is 7.11 Å². The van der Waals surface area contributed by atoms with Gasteiger partial charge in [-0.05, 0) is 0 Å². The summed E-state index contributed by atoms with van der Waals surface area (Å²) in [6.07, 6.45) is -6.79. The van der Waals surface area contributed by atoms with E-state index in [9.17, 15) is 28.8 Å². The van der Waals surface area contributed by atoms with Crippen molar-refractivity contribution in [2.24, 2.45) is 0 Å². The first-order valence-electron chi connectivity index (χ1n) is 8.61. The van der Waals surface area contributed by atoms with Crippen LogP contribution in [0, 0.1) is 0 Å². The smallest absolute Gasteiger partial charge is 0.339 e. The molecule has 2 heterocycles. The summed E-state index contributed by atoms with van der Waals surface area (Å²) in [6.45, 7) is 3.13. The van der Waals surface area contributed by atoms with Gasteiger partial charge >= 0.3 is 29.6 Å². The quantitative estimate of drug-likeness (QED) is 0.423. The maximum atomic E-state index is 12.3. The summed E-state index contributed by atoms with van der Waals surface area (Å²) in [7, 11) is 1.04. The minimum atomic E-state index is -1.65. The Morgan fingerprint density at radius 2 is 1.47 bits per heavy atom. The monoisotopic (exact) mass is 428 g/mol. The normalized spacial score (nSPS) is 25.7. The number of esters is 4. The summed E-state index contributed by atoms with van der Waals surface area (Å²) in [5.41, 5.74) is -1.67. The minimum absolute atomic E-state index is 0.713. The molecule has 30 heavy (non-hydrogen) atoms. The van der Waals surface area contributed by atoms with Gasteiger partial charge in [0.25, 0.3) is 5.56 Å². The number of ether oxygens (including phenoxy) is 5. The number of aromatic nitrogens is 2. The molecule has 1 aliphatic rings. The van der Waals surface area contributed by atoms with Gasteiger partial charge in [-0.1, -0.05) is 0 Å². The van der Waals surface area contributed by atoms with E-state index in [1.54, 1.807) is 0 Å². The van der Waals surface area contributed by atoms with Gasteiger partial charge in [-0.15, -0.1) is 0 Å². The molecular weight excluding hydrogens is 408 g/mol. The summed E-state index contributed by atoms with van der Waals surface area (Å²) in [4.78, 5) is 73.0. The van der Waals surface area contributed by atoms with Crippen molar-refractivity contribution >= 4 is 23.9 Å². The van der Waals surface area contributed by atoms with Crippen molar-refractivity contribution in [1.82, 2.24) is 9.55 Å². The molecule has 1 saturated heterocycles. The predicted molar refractivity (Wildman–Crippen MR) is 93.9 cm³/mol. The second-order valence-corrected chi connectivity index (χ2v) is 6.21. The van der Waals surface area contributed by atoms with Gasteiger partial charge in [0.1, 0.15) is 0 Å².